The number of alkyl halides is 6. The molecule has 8 N–H and O–H groups in total. The Labute approximate surface area is 530 Å². The van der Waals surface area contributed by atoms with E-state index in [4.69, 9.17) is 75.3 Å². The zero-order chi connectivity index (χ0) is 67.8. The summed E-state index contributed by atoms with van der Waals surface area (Å²) in [6.45, 7) is 2.64. The lowest BCUT2D eigenvalue weighted by molar-refractivity contribution is -0.402. The van der Waals surface area contributed by atoms with Crippen LogP contribution >= 0.6 is 69.6 Å². The molecule has 4 heterocycles. The number of benzene rings is 4. The average Bonchev–Trinajstić information content (AvgIpc) is 1.36. The zero-order valence-electron chi connectivity index (χ0n) is 45.0. The molecule has 0 radical (unpaired) electrons. The molecule has 2 amide bonds. The van der Waals surface area contributed by atoms with E-state index in [9.17, 15) is 86.0 Å². The molecule has 0 aliphatic heterocycles. The van der Waals surface area contributed by atoms with Crippen molar-refractivity contribution in [3.63, 3.8) is 0 Å². The number of carbonyl (C=O) groups excluding carboxylic acids is 4. The zero-order valence-corrected chi connectivity index (χ0v) is 49.6. The quantitative estimate of drug-likeness (QED) is 0.0217. The summed E-state index contributed by atoms with van der Waals surface area (Å²) in [6, 6.07) is 20.5. The maximum Gasteiger partial charge on any atom is 0.433 e. The highest BCUT2D eigenvalue weighted by atomic mass is 35.5. The first-order chi connectivity index (χ1) is 42.0. The van der Waals surface area contributed by atoms with Crippen molar-refractivity contribution in [3.05, 3.63) is 252 Å². The van der Waals surface area contributed by atoms with Crippen LogP contribution in [0.15, 0.2) is 147 Å². The number of amides is 2. The number of non-ortho nitro benzene ring substituents is 2. The highest BCUT2D eigenvalue weighted by molar-refractivity contribution is 6.69. The fourth-order valence-electron chi connectivity index (χ4n) is 6.32. The number of hydrogen-bond donors (Lipinski definition) is 6. The van der Waals surface area contributed by atoms with Crippen LogP contribution < -0.4 is 22.1 Å². The molecular formula is C52H38Cl6F6N14O12. The van der Waals surface area contributed by atoms with Crippen LogP contribution in [0.3, 0.4) is 0 Å². The van der Waals surface area contributed by atoms with Crippen LogP contribution in [0.2, 0.25) is 20.1 Å². The van der Waals surface area contributed by atoms with Crippen LogP contribution in [0.5, 0.6) is 0 Å². The van der Waals surface area contributed by atoms with E-state index in [1.807, 2.05) is 0 Å². The van der Waals surface area contributed by atoms with E-state index in [2.05, 4.69) is 46.3 Å². The van der Waals surface area contributed by atoms with Gasteiger partial charge in [-0.15, -0.1) is 0 Å². The molecule has 8 rings (SSSR count). The number of nitrogen functional groups attached to an aromatic ring is 1. The highest BCUT2D eigenvalue weighted by Gasteiger charge is 2.34. The lowest BCUT2D eigenvalue weighted by Crippen LogP contribution is -2.18. The maximum absolute atomic E-state index is 12.7. The highest BCUT2D eigenvalue weighted by Crippen LogP contribution is 2.32. The molecule has 38 heteroatoms. The van der Waals surface area contributed by atoms with Gasteiger partial charge in [0.1, 0.15) is 23.0 Å². The Morgan fingerprint density at radius 2 is 0.989 bits per heavy atom. The second-order valence-corrected chi connectivity index (χ2v) is 18.8. The van der Waals surface area contributed by atoms with Gasteiger partial charge >= 0.3 is 12.4 Å². The molecule has 90 heavy (non-hydrogen) atoms. The van der Waals surface area contributed by atoms with Crippen molar-refractivity contribution in [2.24, 2.45) is 5.73 Å². The molecule has 472 valence electrons. The van der Waals surface area contributed by atoms with Gasteiger partial charge in [0.2, 0.25) is 12.4 Å². The number of halogens is 12. The van der Waals surface area contributed by atoms with Gasteiger partial charge in [0.05, 0.1) is 85.8 Å². The second-order valence-electron chi connectivity index (χ2n) is 16.5. The Hall–Kier alpha value is -10.1. The Bertz CT molecular complexity index is 3980. The minimum atomic E-state index is -4.56. The van der Waals surface area contributed by atoms with Gasteiger partial charge in [-0.1, -0.05) is 46.4 Å². The number of aromatic nitrogens is 6. The molecule has 0 saturated heterocycles. The fraction of sp³-hybridized carbons (Fsp3) is 0.0769. The molecule has 26 nitrogen and oxygen atoms in total. The number of nitrogens with zero attached hydrogens (tertiary/aromatic N) is 8. The van der Waals surface area contributed by atoms with Gasteiger partial charge in [0.25, 0.3) is 33.7 Å². The summed E-state index contributed by atoms with van der Waals surface area (Å²) in [5.41, 5.74) is 9.95. The largest absolute Gasteiger partial charge is 0.433 e. The monoisotopic (exact) mass is 1370 g/mol. The average molecular weight is 1380 g/mol. The molecule has 8 aromatic rings. The lowest BCUT2D eigenvalue weighted by atomic mass is 10.1. The van der Waals surface area contributed by atoms with Crippen LogP contribution in [-0.4, -0.2) is 71.9 Å². The van der Waals surface area contributed by atoms with E-state index < -0.39 is 65.7 Å². The number of rotatable bonds is 12. The molecule has 4 aromatic carbocycles. The number of nitrogens with two attached hydrogens (primary N) is 2. The summed E-state index contributed by atoms with van der Waals surface area (Å²) >= 11 is 33.6. The first-order valence-corrected chi connectivity index (χ1v) is 26.0. The Morgan fingerprint density at radius 1 is 0.556 bits per heavy atom. The summed E-state index contributed by atoms with van der Waals surface area (Å²) in [4.78, 5) is 103. The van der Waals surface area contributed by atoms with Gasteiger partial charge in [0.15, 0.2) is 0 Å². The SMILES string of the molecule is Cc1nc(C(F)(F)F)ccc1C(=O)Cl.Cc1nc(C(F)(F)F)ccc1C(=O)Nc1ccc(Cl)c(-c2ncc[nH]2)c1.N/C=C\[N+](=O)[O-].Nc1ccc(Cl)c(-c2ncc[nH]2)c1.O=C(Cl)c1cc([N+](=O)[O-])ccc1Cl.O=C(N/C=C\[N+](=O)[O-])c1cc([N+](=O)[O-])ccc1Cl. The third-order valence-corrected chi connectivity index (χ3v) is 12.1. The third-order valence-electron chi connectivity index (χ3n) is 10.3. The van der Waals surface area contributed by atoms with Gasteiger partial charge in [-0.25, -0.2) is 19.9 Å². The van der Waals surface area contributed by atoms with Crippen molar-refractivity contribution in [3.8, 4) is 22.8 Å². The van der Waals surface area contributed by atoms with Crippen molar-refractivity contribution < 1.29 is 65.2 Å². The number of carbonyl (C=O) groups is 4. The first kappa shape index (κ1) is 74.1. The minimum absolute atomic E-state index is 0.00704. The molecule has 0 atom stereocenters. The molecule has 0 unspecified atom stereocenters. The number of nitro benzene ring substituents is 2. The van der Waals surface area contributed by atoms with E-state index >= 15 is 0 Å². The topological polar surface area (TPSA) is 400 Å². The van der Waals surface area contributed by atoms with Crippen LogP contribution in [0.25, 0.3) is 22.8 Å². The molecule has 0 aliphatic carbocycles. The molecular weight excluding hydrogens is 1340 g/mol. The predicted octanol–water partition coefficient (Wildman–Crippen LogP) is 13.9. The maximum atomic E-state index is 12.7. The number of hydrogen-bond acceptors (Lipinski definition) is 18. The Kier molecular flexibility index (Phi) is 28.4. The van der Waals surface area contributed by atoms with Gasteiger partial charge in [-0.05, 0) is 110 Å². The molecule has 0 spiro atoms. The van der Waals surface area contributed by atoms with Crippen LogP contribution in [0.1, 0.15) is 64.2 Å². The van der Waals surface area contributed by atoms with Crippen molar-refractivity contribution in [2.75, 3.05) is 11.1 Å². The number of H-pyrrole nitrogens is 2. The number of pyridine rings is 2. The number of aromatic amines is 2. The summed E-state index contributed by atoms with van der Waals surface area (Å²) < 4.78 is 74.4. The number of imidazole rings is 2. The molecule has 0 aliphatic rings. The van der Waals surface area contributed by atoms with Crippen LogP contribution in [0, 0.1) is 54.3 Å². The minimum Gasteiger partial charge on any atom is -0.400 e. The Balaban J connectivity index is 0.000000295. The number of nitrogens with one attached hydrogen (secondary N) is 4. The number of nitro groups is 4. The summed E-state index contributed by atoms with van der Waals surface area (Å²) in [5, 5.41) is 44.3. The second kappa shape index (κ2) is 34.4. The van der Waals surface area contributed by atoms with Crippen molar-refractivity contribution >= 4 is 115 Å². The van der Waals surface area contributed by atoms with Gasteiger partial charge in [0, 0.05) is 71.6 Å². The summed E-state index contributed by atoms with van der Waals surface area (Å²) in [7, 11) is 0. The van der Waals surface area contributed by atoms with Gasteiger partial charge in [-0.3, -0.25) is 59.6 Å². The van der Waals surface area contributed by atoms with Crippen LogP contribution in [-0.2, 0) is 12.4 Å². The van der Waals surface area contributed by atoms with Crippen molar-refractivity contribution in [2.45, 2.75) is 26.2 Å². The molecule has 4 aromatic heterocycles. The molecule has 0 fully saturated rings. The van der Waals surface area contributed by atoms with Crippen molar-refractivity contribution in [1.29, 1.82) is 0 Å². The molecule has 0 saturated carbocycles. The van der Waals surface area contributed by atoms with Crippen molar-refractivity contribution in [1.82, 2.24) is 35.2 Å². The standard InChI is InChI=1S/C17H12ClF3N4O.C9H6ClN3O5.C9H8ClN3.C8H5ClF3NO.C7H3Cl2NO3.C2H4N2O2/c1-9-11(3-5-14(24-9)17(19,20)21)16(26)25-10-2-4-13(18)12(8-10)15-22-6-7-23-15;10-8-2-1-6(13(17)18)5-7(8)9(14)11-3-4-12(15)16;10-8-2-1-6(11)5-7(8)9-12-3-4-13-9;1-4-5(7(9)14)2-3-6(13-4)8(10,11)12;8-6-2-1-4(10(12)13)3-5(6)7(9)11;3-1-2-4(5)6/h2-8H,1H3,(H,22,23)(H,25,26);1-5H,(H,11,14);1-5H,11H2,(H,12,13);2-3H,1H3;1-3H;1-2H,3H2/b;4-3-;;;;2-1-. The van der Waals surface area contributed by atoms with E-state index in [1.54, 1.807) is 61.2 Å². The normalized spacial score (nSPS) is 10.6. The van der Waals surface area contributed by atoms with Gasteiger partial charge in [-0.2, -0.15) is 26.3 Å². The van der Waals surface area contributed by atoms with E-state index in [-0.39, 0.29) is 55.1 Å². The predicted molar refractivity (Wildman–Crippen MR) is 319 cm³/mol. The van der Waals surface area contributed by atoms with Crippen LogP contribution in [0.4, 0.5) is 49.1 Å². The van der Waals surface area contributed by atoms with Gasteiger partial charge < -0.3 is 32.1 Å². The van der Waals surface area contributed by atoms with E-state index in [0.717, 1.165) is 66.3 Å². The number of anilines is 2. The van der Waals surface area contributed by atoms with E-state index in [0.29, 0.717) is 45.2 Å². The summed E-state index contributed by atoms with van der Waals surface area (Å²) in [6.07, 6.45) is 0.416. The lowest BCUT2D eigenvalue weighted by Gasteiger charge is -2.11. The smallest absolute Gasteiger partial charge is 0.400 e. The molecule has 0 bridgehead atoms. The summed E-state index contributed by atoms with van der Waals surface area (Å²) in [5.74, 6) is -0.0889. The Morgan fingerprint density at radius 3 is 1.39 bits per heavy atom. The van der Waals surface area contributed by atoms with E-state index in [1.165, 1.54) is 32.0 Å². The fourth-order valence-corrected chi connectivity index (χ4v) is 7.54. The third kappa shape index (κ3) is 23.9. The first-order valence-electron chi connectivity index (χ1n) is 23.7. The number of aryl methyl sites for hydroxylation is 2.